The van der Waals surface area contributed by atoms with Gasteiger partial charge in [0.25, 0.3) is 0 Å². The number of ketones is 1. The minimum atomic E-state index is -0.237. The predicted octanol–water partition coefficient (Wildman–Crippen LogP) is 1.13. The third kappa shape index (κ3) is 3.48. The van der Waals surface area contributed by atoms with Gasteiger partial charge in [-0.25, -0.2) is 0 Å². The van der Waals surface area contributed by atoms with Gasteiger partial charge >= 0.3 is 0 Å². The Hall–Kier alpha value is -2.01. The van der Waals surface area contributed by atoms with Gasteiger partial charge in [-0.1, -0.05) is 0 Å². The molecule has 1 aromatic rings. The number of benzene rings is 1. The van der Waals surface area contributed by atoms with Gasteiger partial charge < -0.3 is 20.8 Å². The molecule has 1 fully saturated rings. The lowest BCUT2D eigenvalue weighted by atomic mass is 10.1. The van der Waals surface area contributed by atoms with Gasteiger partial charge in [-0.3, -0.25) is 4.79 Å². The average molecular weight is 262 g/mol. The number of allylic oxidation sites excluding steroid dienone is 1. The fraction of sp³-hybridized carbons (Fsp3) is 0.357. The van der Waals surface area contributed by atoms with Crippen molar-refractivity contribution >= 4 is 11.5 Å². The summed E-state index contributed by atoms with van der Waals surface area (Å²) in [5.41, 5.74) is 6.35. The van der Waals surface area contributed by atoms with Crippen LogP contribution in [-0.4, -0.2) is 40.1 Å². The fourth-order valence-electron chi connectivity index (χ4n) is 2.06. The number of nitrogens with zero attached hydrogens (tertiary/aromatic N) is 1. The van der Waals surface area contributed by atoms with Crippen LogP contribution in [0.1, 0.15) is 23.2 Å². The Morgan fingerprint density at radius 3 is 2.74 bits per heavy atom. The van der Waals surface area contributed by atoms with Crippen molar-refractivity contribution in [2.45, 2.75) is 18.9 Å². The summed E-state index contributed by atoms with van der Waals surface area (Å²) in [6.07, 6.45) is 4.36. The third-order valence-corrected chi connectivity index (χ3v) is 3.24. The van der Waals surface area contributed by atoms with E-state index in [1.807, 2.05) is 4.90 Å². The zero-order chi connectivity index (χ0) is 13.8. The number of nitrogens with two attached hydrogens (primary N) is 1. The van der Waals surface area contributed by atoms with E-state index in [0.717, 1.165) is 13.1 Å². The Balaban J connectivity index is 2.02. The molecule has 0 aliphatic carbocycles. The Kier molecular flexibility index (Phi) is 4.06. The summed E-state index contributed by atoms with van der Waals surface area (Å²) < 4.78 is 0. The van der Waals surface area contributed by atoms with Gasteiger partial charge in [0.1, 0.15) is 5.75 Å². The lowest BCUT2D eigenvalue weighted by Gasteiger charge is -2.28. The van der Waals surface area contributed by atoms with E-state index in [0.29, 0.717) is 24.1 Å². The van der Waals surface area contributed by atoms with Crippen molar-refractivity contribution in [3.63, 3.8) is 0 Å². The van der Waals surface area contributed by atoms with E-state index in [9.17, 15) is 15.0 Å². The number of anilines is 1. The van der Waals surface area contributed by atoms with E-state index < -0.39 is 0 Å². The van der Waals surface area contributed by atoms with Gasteiger partial charge in [0, 0.05) is 36.6 Å². The highest BCUT2D eigenvalue weighted by Crippen LogP contribution is 2.19. The number of carbonyl (C=O) groups excluding carboxylic acids is 1. The summed E-state index contributed by atoms with van der Waals surface area (Å²) in [7, 11) is 0. The quantitative estimate of drug-likeness (QED) is 0.329. The third-order valence-electron chi connectivity index (χ3n) is 3.24. The predicted molar refractivity (Wildman–Crippen MR) is 72.8 cm³/mol. The first kappa shape index (κ1) is 13.4. The van der Waals surface area contributed by atoms with E-state index in [1.54, 1.807) is 6.20 Å². The SMILES string of the molecule is Nc1ccc(O)cc1C(=O)C=CN1CCC(O)CC1. The molecule has 0 saturated carbocycles. The number of carbonyl (C=O) groups is 1. The molecule has 0 spiro atoms. The molecule has 1 aliphatic rings. The standard InChI is InChI=1S/C14H18N2O3/c15-13-2-1-11(18)9-12(13)14(19)5-8-16-6-3-10(17)4-7-16/h1-2,5,8-10,17-18H,3-4,6-7,15H2. The molecule has 1 aromatic carbocycles. The monoisotopic (exact) mass is 262 g/mol. The maximum atomic E-state index is 12.0. The van der Waals surface area contributed by atoms with Crippen molar-refractivity contribution in [3.8, 4) is 5.75 Å². The van der Waals surface area contributed by atoms with Gasteiger partial charge in [0.15, 0.2) is 5.78 Å². The van der Waals surface area contributed by atoms with E-state index in [1.165, 1.54) is 24.3 Å². The van der Waals surface area contributed by atoms with Crippen molar-refractivity contribution < 1.29 is 15.0 Å². The van der Waals surface area contributed by atoms with Crippen LogP contribution in [0.15, 0.2) is 30.5 Å². The minimum absolute atomic E-state index is 0.0204. The molecule has 0 atom stereocenters. The van der Waals surface area contributed by atoms with Crippen LogP contribution in [0.25, 0.3) is 0 Å². The first-order chi connectivity index (χ1) is 9.06. The van der Waals surface area contributed by atoms with Gasteiger partial charge in [-0.05, 0) is 31.0 Å². The summed E-state index contributed by atoms with van der Waals surface area (Å²) in [5.74, 6) is -0.216. The van der Waals surface area contributed by atoms with Crippen LogP contribution in [0.2, 0.25) is 0 Å². The second-order valence-corrected chi connectivity index (χ2v) is 4.72. The Labute approximate surface area is 112 Å². The van der Waals surface area contributed by atoms with Crippen molar-refractivity contribution in [3.05, 3.63) is 36.0 Å². The molecule has 1 saturated heterocycles. The molecule has 5 heteroatoms. The van der Waals surface area contributed by atoms with E-state index in [2.05, 4.69) is 0 Å². The van der Waals surface area contributed by atoms with Crippen LogP contribution >= 0.6 is 0 Å². The van der Waals surface area contributed by atoms with Crippen molar-refractivity contribution in [1.29, 1.82) is 0 Å². The lowest BCUT2D eigenvalue weighted by molar-refractivity contribution is 0.100. The number of hydrogen-bond acceptors (Lipinski definition) is 5. The van der Waals surface area contributed by atoms with Crippen molar-refractivity contribution in [2.75, 3.05) is 18.8 Å². The molecule has 102 valence electrons. The molecule has 19 heavy (non-hydrogen) atoms. The number of phenolic OH excluding ortho intramolecular Hbond substituents is 1. The van der Waals surface area contributed by atoms with E-state index in [-0.39, 0.29) is 17.6 Å². The van der Waals surface area contributed by atoms with E-state index >= 15 is 0 Å². The molecule has 0 amide bonds. The molecule has 4 N–H and O–H groups in total. The van der Waals surface area contributed by atoms with Crippen molar-refractivity contribution in [2.24, 2.45) is 0 Å². The first-order valence-electron chi connectivity index (χ1n) is 6.29. The summed E-state index contributed by atoms with van der Waals surface area (Å²) in [6.45, 7) is 1.47. The molecular formula is C14H18N2O3. The highest BCUT2D eigenvalue weighted by Gasteiger charge is 2.14. The summed E-state index contributed by atoms with van der Waals surface area (Å²) in [5, 5.41) is 18.7. The van der Waals surface area contributed by atoms with Gasteiger partial charge in [0.05, 0.1) is 6.10 Å². The average Bonchev–Trinajstić information content (AvgIpc) is 2.40. The topological polar surface area (TPSA) is 86.8 Å². The maximum absolute atomic E-state index is 12.0. The second kappa shape index (κ2) is 5.75. The number of aliphatic hydroxyl groups is 1. The van der Waals surface area contributed by atoms with Crippen LogP contribution in [0.5, 0.6) is 5.75 Å². The van der Waals surface area contributed by atoms with Gasteiger partial charge in [-0.2, -0.15) is 0 Å². The number of piperidine rings is 1. The molecule has 5 nitrogen and oxygen atoms in total. The first-order valence-corrected chi connectivity index (χ1v) is 6.29. The normalized spacial score (nSPS) is 17.0. The van der Waals surface area contributed by atoms with Crippen LogP contribution < -0.4 is 5.73 Å². The zero-order valence-corrected chi connectivity index (χ0v) is 10.6. The number of rotatable bonds is 3. The maximum Gasteiger partial charge on any atom is 0.189 e. The van der Waals surface area contributed by atoms with Crippen LogP contribution in [0.3, 0.4) is 0 Å². The molecule has 0 radical (unpaired) electrons. The highest BCUT2D eigenvalue weighted by atomic mass is 16.3. The summed E-state index contributed by atoms with van der Waals surface area (Å²) in [6, 6.07) is 4.32. The Bertz CT molecular complexity index is 491. The molecule has 0 aromatic heterocycles. The van der Waals surface area contributed by atoms with Crippen LogP contribution in [0.4, 0.5) is 5.69 Å². The summed E-state index contributed by atoms with van der Waals surface area (Å²) in [4.78, 5) is 14.0. The molecule has 1 heterocycles. The highest BCUT2D eigenvalue weighted by molar-refractivity contribution is 6.08. The number of phenols is 1. The summed E-state index contributed by atoms with van der Waals surface area (Å²) >= 11 is 0. The molecule has 0 bridgehead atoms. The molecule has 2 rings (SSSR count). The number of nitrogen functional groups attached to an aromatic ring is 1. The van der Waals surface area contributed by atoms with Gasteiger partial charge in [-0.15, -0.1) is 0 Å². The van der Waals surface area contributed by atoms with Crippen LogP contribution in [-0.2, 0) is 0 Å². The van der Waals surface area contributed by atoms with Crippen molar-refractivity contribution in [1.82, 2.24) is 4.90 Å². The minimum Gasteiger partial charge on any atom is -0.508 e. The second-order valence-electron chi connectivity index (χ2n) is 4.72. The van der Waals surface area contributed by atoms with Gasteiger partial charge in [0.2, 0.25) is 0 Å². The number of aliphatic hydroxyl groups excluding tert-OH is 1. The number of hydrogen-bond donors (Lipinski definition) is 3. The molecule has 0 unspecified atom stereocenters. The smallest absolute Gasteiger partial charge is 0.189 e. The zero-order valence-electron chi connectivity index (χ0n) is 10.6. The van der Waals surface area contributed by atoms with E-state index in [4.69, 9.17) is 5.73 Å². The Morgan fingerprint density at radius 2 is 2.05 bits per heavy atom. The lowest BCUT2D eigenvalue weighted by Crippen LogP contribution is -2.32. The van der Waals surface area contributed by atoms with Crippen LogP contribution in [0, 0.1) is 0 Å². The Morgan fingerprint density at radius 1 is 1.37 bits per heavy atom. The number of aromatic hydroxyl groups is 1. The molecular weight excluding hydrogens is 244 g/mol. The number of likely N-dealkylation sites (tertiary alicyclic amines) is 1. The molecule has 1 aliphatic heterocycles. The largest absolute Gasteiger partial charge is 0.508 e. The fourth-order valence-corrected chi connectivity index (χ4v) is 2.06.